The van der Waals surface area contributed by atoms with Crippen molar-refractivity contribution in [2.75, 3.05) is 7.05 Å². The molecule has 1 atom stereocenters. The van der Waals surface area contributed by atoms with E-state index in [2.05, 4.69) is 5.16 Å². The van der Waals surface area contributed by atoms with E-state index in [4.69, 9.17) is 10.9 Å². The van der Waals surface area contributed by atoms with Gasteiger partial charge in [0.25, 0.3) is 5.91 Å². The summed E-state index contributed by atoms with van der Waals surface area (Å²) in [7, 11) is 1.61. The minimum atomic E-state index is -0.310. The Hall–Kier alpha value is -2.24. The molecule has 19 heavy (non-hydrogen) atoms. The van der Waals surface area contributed by atoms with Crippen LogP contribution in [0.2, 0.25) is 0 Å². The van der Waals surface area contributed by atoms with Crippen LogP contribution in [0.25, 0.3) is 0 Å². The number of nitrogens with two attached hydrogens (primary N) is 1. The van der Waals surface area contributed by atoms with Crippen molar-refractivity contribution >= 4 is 11.7 Å². The Morgan fingerprint density at radius 1 is 1.53 bits per heavy atom. The summed E-state index contributed by atoms with van der Waals surface area (Å²) in [6.07, 6.45) is 0.255. The van der Waals surface area contributed by atoms with E-state index in [-0.39, 0.29) is 35.5 Å². The fraction of sp³-hybridized carbons (Fsp3) is 0.385. The Labute approximate surface area is 112 Å². The summed E-state index contributed by atoms with van der Waals surface area (Å²) in [6, 6.07) is 4.63. The van der Waals surface area contributed by atoms with E-state index < -0.39 is 0 Å². The third-order valence-electron chi connectivity index (χ3n) is 3.00. The maximum Gasteiger partial charge on any atom is 0.257 e. The van der Waals surface area contributed by atoms with E-state index in [9.17, 15) is 9.90 Å². The van der Waals surface area contributed by atoms with Crippen LogP contribution in [-0.2, 0) is 0 Å². The predicted molar refractivity (Wildman–Crippen MR) is 72.4 cm³/mol. The topological polar surface area (TPSA) is 99.2 Å². The number of aryl methyl sites for hydroxylation is 1. The second-order valence-electron chi connectivity index (χ2n) is 4.58. The molecule has 1 amide bonds. The maximum atomic E-state index is 12.2. The molecule has 1 unspecified atom stereocenters. The van der Waals surface area contributed by atoms with Crippen LogP contribution in [0.3, 0.4) is 0 Å². The van der Waals surface area contributed by atoms with Gasteiger partial charge in [0.2, 0.25) is 0 Å². The van der Waals surface area contributed by atoms with Crippen molar-refractivity contribution in [3.63, 3.8) is 0 Å². The summed E-state index contributed by atoms with van der Waals surface area (Å²) in [5, 5.41) is 21.2. The predicted octanol–water partition coefficient (Wildman–Crippen LogP) is 1.30. The number of rotatable bonds is 4. The lowest BCUT2D eigenvalue weighted by atomic mass is 10.1. The number of phenols is 1. The Bertz CT molecular complexity index is 500. The zero-order chi connectivity index (χ0) is 14.6. The molecule has 0 aliphatic heterocycles. The Morgan fingerprint density at radius 2 is 2.16 bits per heavy atom. The van der Waals surface area contributed by atoms with Crippen molar-refractivity contribution in [3.05, 3.63) is 29.3 Å². The van der Waals surface area contributed by atoms with E-state index in [1.807, 2.05) is 6.92 Å². The van der Waals surface area contributed by atoms with Crippen LogP contribution in [0.4, 0.5) is 0 Å². The standard InChI is InChI=1S/C13H19N3O3/c1-8-4-5-10(11(17)6-8)13(18)16(3)9(2)7-12(14)15-19/h4-6,9,17,19H,7H2,1-3H3,(H2,14,15). The molecule has 0 aliphatic rings. The van der Waals surface area contributed by atoms with Crippen LogP contribution in [0, 0.1) is 6.92 Å². The van der Waals surface area contributed by atoms with Gasteiger partial charge in [-0.2, -0.15) is 0 Å². The van der Waals surface area contributed by atoms with Gasteiger partial charge in [-0.15, -0.1) is 0 Å². The minimum absolute atomic E-state index is 0.0483. The average Bonchev–Trinajstić information content (AvgIpc) is 2.36. The van der Waals surface area contributed by atoms with Gasteiger partial charge in [-0.3, -0.25) is 4.79 Å². The van der Waals surface area contributed by atoms with Crippen LogP contribution in [0.1, 0.15) is 29.3 Å². The summed E-state index contributed by atoms with van der Waals surface area (Å²) in [5.41, 5.74) is 6.52. The number of phenolic OH excluding ortho intramolecular Hbond substituents is 1. The van der Waals surface area contributed by atoms with Gasteiger partial charge in [-0.05, 0) is 31.5 Å². The van der Waals surface area contributed by atoms with Crippen molar-refractivity contribution in [2.24, 2.45) is 10.9 Å². The normalized spacial score (nSPS) is 13.1. The highest BCUT2D eigenvalue weighted by molar-refractivity contribution is 5.97. The van der Waals surface area contributed by atoms with Crippen molar-refractivity contribution in [3.8, 4) is 5.75 Å². The molecule has 0 radical (unpaired) electrons. The fourth-order valence-corrected chi connectivity index (χ4v) is 1.69. The number of carbonyl (C=O) groups is 1. The number of hydrogen-bond donors (Lipinski definition) is 3. The monoisotopic (exact) mass is 265 g/mol. The molecule has 0 heterocycles. The van der Waals surface area contributed by atoms with Crippen molar-refractivity contribution in [1.82, 2.24) is 4.90 Å². The zero-order valence-electron chi connectivity index (χ0n) is 11.3. The van der Waals surface area contributed by atoms with Crippen LogP contribution in [0.15, 0.2) is 23.4 Å². The largest absolute Gasteiger partial charge is 0.507 e. The molecule has 0 saturated heterocycles. The van der Waals surface area contributed by atoms with Crippen LogP contribution in [0.5, 0.6) is 5.75 Å². The molecule has 0 aromatic heterocycles. The van der Waals surface area contributed by atoms with Crippen LogP contribution >= 0.6 is 0 Å². The highest BCUT2D eigenvalue weighted by Gasteiger charge is 2.21. The number of benzene rings is 1. The molecular weight excluding hydrogens is 246 g/mol. The molecule has 4 N–H and O–H groups in total. The highest BCUT2D eigenvalue weighted by Crippen LogP contribution is 2.21. The van der Waals surface area contributed by atoms with E-state index in [1.165, 1.54) is 11.0 Å². The first kappa shape index (κ1) is 14.8. The third-order valence-corrected chi connectivity index (χ3v) is 3.00. The van der Waals surface area contributed by atoms with E-state index >= 15 is 0 Å². The van der Waals surface area contributed by atoms with Crippen molar-refractivity contribution in [1.29, 1.82) is 0 Å². The molecule has 0 spiro atoms. The first-order chi connectivity index (χ1) is 8.86. The molecule has 6 nitrogen and oxygen atoms in total. The van der Waals surface area contributed by atoms with Gasteiger partial charge in [-0.1, -0.05) is 11.2 Å². The molecule has 1 aromatic carbocycles. The van der Waals surface area contributed by atoms with Crippen LogP contribution < -0.4 is 5.73 Å². The molecule has 1 rings (SSSR count). The maximum absolute atomic E-state index is 12.2. The molecule has 0 aliphatic carbocycles. The van der Waals surface area contributed by atoms with Gasteiger partial charge >= 0.3 is 0 Å². The Balaban J connectivity index is 2.87. The average molecular weight is 265 g/mol. The Morgan fingerprint density at radius 3 is 2.68 bits per heavy atom. The van der Waals surface area contributed by atoms with Gasteiger partial charge in [0.15, 0.2) is 0 Å². The number of nitrogens with zero attached hydrogens (tertiary/aromatic N) is 2. The van der Waals surface area contributed by atoms with Gasteiger partial charge in [0.1, 0.15) is 11.6 Å². The number of carbonyl (C=O) groups excluding carboxylic acids is 1. The SMILES string of the molecule is Cc1ccc(C(=O)N(C)C(C)CC(N)=NO)c(O)c1. The summed E-state index contributed by atoms with van der Waals surface area (Å²) >= 11 is 0. The minimum Gasteiger partial charge on any atom is -0.507 e. The number of aromatic hydroxyl groups is 1. The van der Waals surface area contributed by atoms with Gasteiger partial charge in [-0.25, -0.2) is 0 Å². The molecule has 0 bridgehead atoms. The first-order valence-corrected chi connectivity index (χ1v) is 5.90. The van der Waals surface area contributed by atoms with Gasteiger partial charge < -0.3 is 20.9 Å². The second-order valence-corrected chi connectivity index (χ2v) is 4.58. The van der Waals surface area contributed by atoms with Crippen LogP contribution in [-0.4, -0.2) is 40.0 Å². The second kappa shape index (κ2) is 6.08. The lowest BCUT2D eigenvalue weighted by Crippen LogP contribution is -2.37. The molecule has 104 valence electrons. The lowest BCUT2D eigenvalue weighted by Gasteiger charge is -2.25. The number of hydrogen-bond acceptors (Lipinski definition) is 4. The smallest absolute Gasteiger partial charge is 0.257 e. The first-order valence-electron chi connectivity index (χ1n) is 5.90. The quantitative estimate of drug-likeness (QED) is 0.330. The third kappa shape index (κ3) is 3.61. The molecule has 6 heteroatoms. The van der Waals surface area contributed by atoms with Crippen molar-refractivity contribution < 1.29 is 15.1 Å². The summed E-state index contributed by atoms with van der Waals surface area (Å²) in [6.45, 7) is 3.61. The number of oxime groups is 1. The summed E-state index contributed by atoms with van der Waals surface area (Å²) in [4.78, 5) is 13.7. The number of amidine groups is 1. The highest BCUT2D eigenvalue weighted by atomic mass is 16.4. The molecule has 1 aromatic rings. The molecule has 0 fully saturated rings. The lowest BCUT2D eigenvalue weighted by molar-refractivity contribution is 0.0744. The fourth-order valence-electron chi connectivity index (χ4n) is 1.69. The van der Waals surface area contributed by atoms with Crippen molar-refractivity contribution in [2.45, 2.75) is 26.3 Å². The van der Waals surface area contributed by atoms with E-state index in [0.717, 1.165) is 5.56 Å². The summed E-state index contributed by atoms with van der Waals surface area (Å²) in [5.74, 6) is -0.302. The van der Waals surface area contributed by atoms with E-state index in [1.54, 1.807) is 26.1 Å². The zero-order valence-corrected chi connectivity index (χ0v) is 11.3. The molecule has 0 saturated carbocycles. The number of amides is 1. The summed E-state index contributed by atoms with van der Waals surface area (Å²) < 4.78 is 0. The van der Waals surface area contributed by atoms with E-state index in [0.29, 0.717) is 0 Å². The molecular formula is C13H19N3O3. The van der Waals surface area contributed by atoms with Gasteiger partial charge in [0, 0.05) is 19.5 Å². The Kier molecular flexibility index (Phi) is 4.74. The van der Waals surface area contributed by atoms with Gasteiger partial charge in [0.05, 0.1) is 5.56 Å².